The molecule has 1 saturated carbocycles. The molecule has 3 N–H and O–H groups in total. The first kappa shape index (κ1) is 25.0. The van der Waals surface area contributed by atoms with Crippen LogP contribution in [-0.4, -0.2) is 55.7 Å². The Labute approximate surface area is 221 Å². The standard InChI is InChI=1S/C24H25ClN6O3S2/c25-15-4-7-31-21(11-15)18(13-28-31)22-14-27-24(35-22)23(33)29-19(5-9-34-10-8-32)20-12-16(3-6-26-20)30-36-17-1-2-17/h3-4,6-7,11-14,17,19,32H,1-2,5,8-10H2,(H,26,30)(H,29,33). The minimum Gasteiger partial charge on any atom is -0.394 e. The van der Waals surface area contributed by atoms with Crippen molar-refractivity contribution in [3.8, 4) is 10.4 Å². The first-order valence-electron chi connectivity index (χ1n) is 11.6. The summed E-state index contributed by atoms with van der Waals surface area (Å²) in [5, 5.41) is 18.0. The third kappa shape index (κ3) is 6.16. The maximum absolute atomic E-state index is 13.2. The van der Waals surface area contributed by atoms with Gasteiger partial charge in [0.2, 0.25) is 0 Å². The van der Waals surface area contributed by atoms with Gasteiger partial charge in [0, 0.05) is 46.7 Å². The number of carbonyl (C=O) groups excluding carboxylic acids is 1. The van der Waals surface area contributed by atoms with Crippen LogP contribution in [0.2, 0.25) is 5.02 Å². The van der Waals surface area contributed by atoms with Crippen LogP contribution >= 0.6 is 34.9 Å². The number of hydrogen-bond donors (Lipinski definition) is 3. The van der Waals surface area contributed by atoms with E-state index in [9.17, 15) is 4.79 Å². The van der Waals surface area contributed by atoms with Gasteiger partial charge in [0.25, 0.3) is 5.91 Å². The van der Waals surface area contributed by atoms with Crippen LogP contribution < -0.4 is 10.0 Å². The Morgan fingerprint density at radius 3 is 3.00 bits per heavy atom. The lowest BCUT2D eigenvalue weighted by atomic mass is 10.1. The number of rotatable bonds is 12. The number of aromatic nitrogens is 4. The second kappa shape index (κ2) is 11.6. The van der Waals surface area contributed by atoms with Crippen LogP contribution in [0.3, 0.4) is 0 Å². The highest BCUT2D eigenvalue weighted by atomic mass is 35.5. The zero-order valence-electron chi connectivity index (χ0n) is 19.3. The molecule has 1 amide bonds. The number of aliphatic hydroxyl groups excluding tert-OH is 1. The van der Waals surface area contributed by atoms with Crippen molar-refractivity contribution in [2.75, 3.05) is 24.5 Å². The van der Waals surface area contributed by atoms with E-state index in [2.05, 4.69) is 25.1 Å². The van der Waals surface area contributed by atoms with Crippen molar-refractivity contribution < 1.29 is 14.6 Å². The van der Waals surface area contributed by atoms with Gasteiger partial charge in [0.05, 0.1) is 41.5 Å². The lowest BCUT2D eigenvalue weighted by Crippen LogP contribution is -2.30. The first-order valence-corrected chi connectivity index (χ1v) is 13.6. The zero-order chi connectivity index (χ0) is 24.9. The van der Waals surface area contributed by atoms with Gasteiger partial charge in [-0.3, -0.25) is 9.78 Å². The van der Waals surface area contributed by atoms with E-state index >= 15 is 0 Å². The van der Waals surface area contributed by atoms with Gasteiger partial charge in [0.15, 0.2) is 5.01 Å². The third-order valence-corrected chi connectivity index (χ3v) is 7.97. The van der Waals surface area contributed by atoms with E-state index in [1.807, 2.05) is 18.2 Å². The molecule has 1 aliphatic rings. The van der Waals surface area contributed by atoms with Crippen LogP contribution in [-0.2, 0) is 4.74 Å². The Bertz CT molecular complexity index is 1340. The number of nitrogens with one attached hydrogen (secondary N) is 2. The highest BCUT2D eigenvalue weighted by Crippen LogP contribution is 2.35. The second-order valence-corrected chi connectivity index (χ2v) is 10.9. The molecule has 0 bridgehead atoms. The molecule has 0 spiro atoms. The van der Waals surface area contributed by atoms with E-state index < -0.39 is 0 Å². The number of anilines is 1. The van der Waals surface area contributed by atoms with E-state index in [-0.39, 0.29) is 25.2 Å². The molecule has 5 rings (SSSR count). The number of fused-ring (bicyclic) bond motifs is 1. The van der Waals surface area contributed by atoms with Crippen LogP contribution in [0, 0.1) is 0 Å². The van der Waals surface area contributed by atoms with Gasteiger partial charge >= 0.3 is 0 Å². The fourth-order valence-corrected chi connectivity index (χ4v) is 5.37. The van der Waals surface area contributed by atoms with Crippen molar-refractivity contribution >= 4 is 52.0 Å². The largest absolute Gasteiger partial charge is 0.394 e. The van der Waals surface area contributed by atoms with Crippen LogP contribution in [0.15, 0.2) is 49.1 Å². The number of carbonyl (C=O) groups is 1. The smallest absolute Gasteiger partial charge is 0.280 e. The summed E-state index contributed by atoms with van der Waals surface area (Å²) < 4.78 is 10.6. The molecule has 1 unspecified atom stereocenters. The fourth-order valence-electron chi connectivity index (χ4n) is 3.57. The summed E-state index contributed by atoms with van der Waals surface area (Å²) >= 11 is 9.17. The molecule has 0 aromatic carbocycles. The van der Waals surface area contributed by atoms with E-state index in [0.717, 1.165) is 27.3 Å². The Kier molecular flexibility index (Phi) is 8.02. The molecule has 4 aromatic heterocycles. The third-order valence-electron chi connectivity index (χ3n) is 5.55. The van der Waals surface area contributed by atoms with Gasteiger partial charge in [0.1, 0.15) is 0 Å². The average Bonchev–Trinajstić information content (AvgIpc) is 3.42. The van der Waals surface area contributed by atoms with Crippen molar-refractivity contribution in [3.05, 3.63) is 64.8 Å². The Morgan fingerprint density at radius 2 is 2.17 bits per heavy atom. The van der Waals surface area contributed by atoms with E-state index in [4.69, 9.17) is 21.4 Å². The van der Waals surface area contributed by atoms with Crippen LogP contribution in [0.1, 0.15) is 40.8 Å². The Balaban J connectivity index is 1.32. The SMILES string of the molecule is O=C(NC(CCOCCO)c1cc(NSC2CC2)ccn1)c1ncc(-c2cnn3ccc(Cl)cc23)s1. The number of halogens is 1. The molecule has 188 valence electrons. The van der Waals surface area contributed by atoms with Crippen molar-refractivity contribution in [1.29, 1.82) is 0 Å². The first-order chi connectivity index (χ1) is 17.6. The summed E-state index contributed by atoms with van der Waals surface area (Å²) in [6, 6.07) is 7.08. The summed E-state index contributed by atoms with van der Waals surface area (Å²) in [5.74, 6) is -0.291. The number of pyridine rings is 2. The van der Waals surface area contributed by atoms with Crippen LogP contribution in [0.25, 0.3) is 16.0 Å². The molecule has 4 aromatic rings. The van der Waals surface area contributed by atoms with Crippen molar-refractivity contribution in [2.45, 2.75) is 30.6 Å². The average molecular weight is 545 g/mol. The normalized spacial score (nSPS) is 14.2. The molecule has 1 fully saturated rings. The molecule has 9 nitrogen and oxygen atoms in total. The van der Waals surface area contributed by atoms with Gasteiger partial charge in [-0.2, -0.15) is 5.10 Å². The zero-order valence-corrected chi connectivity index (χ0v) is 21.7. The maximum Gasteiger partial charge on any atom is 0.280 e. The summed E-state index contributed by atoms with van der Waals surface area (Å²) in [6.07, 6.45) is 9.90. The number of amides is 1. The summed E-state index contributed by atoms with van der Waals surface area (Å²) in [6.45, 7) is 0.560. The quantitative estimate of drug-likeness (QED) is 0.175. The highest BCUT2D eigenvalue weighted by Gasteiger charge is 2.23. The minimum absolute atomic E-state index is 0.0519. The van der Waals surface area contributed by atoms with E-state index in [1.54, 1.807) is 47.3 Å². The van der Waals surface area contributed by atoms with Gasteiger partial charge in [-0.1, -0.05) is 11.6 Å². The Hall–Kier alpha value is -2.70. The molecular weight excluding hydrogens is 520 g/mol. The van der Waals surface area contributed by atoms with Gasteiger partial charge < -0.3 is 19.9 Å². The molecule has 0 saturated heterocycles. The van der Waals surface area contributed by atoms with Crippen molar-refractivity contribution in [2.24, 2.45) is 0 Å². The number of nitrogens with zero attached hydrogens (tertiary/aromatic N) is 4. The number of aliphatic hydroxyl groups is 1. The predicted molar refractivity (Wildman–Crippen MR) is 143 cm³/mol. The maximum atomic E-state index is 13.2. The molecule has 0 radical (unpaired) electrons. The highest BCUT2D eigenvalue weighted by molar-refractivity contribution is 8.01. The predicted octanol–water partition coefficient (Wildman–Crippen LogP) is 4.60. The van der Waals surface area contributed by atoms with Crippen LogP contribution in [0.4, 0.5) is 5.69 Å². The van der Waals surface area contributed by atoms with Crippen molar-refractivity contribution in [3.63, 3.8) is 0 Å². The summed E-state index contributed by atoms with van der Waals surface area (Å²) in [4.78, 5) is 22.9. The molecule has 1 atom stereocenters. The fraction of sp³-hybridized carbons (Fsp3) is 0.333. The lowest BCUT2D eigenvalue weighted by Gasteiger charge is -2.18. The van der Waals surface area contributed by atoms with Gasteiger partial charge in [-0.05, 0) is 55.5 Å². The summed E-state index contributed by atoms with van der Waals surface area (Å²) in [5.41, 5.74) is 3.37. The molecule has 0 aliphatic heterocycles. The minimum atomic E-state index is -0.382. The van der Waals surface area contributed by atoms with Gasteiger partial charge in [-0.25, -0.2) is 9.50 Å². The lowest BCUT2D eigenvalue weighted by molar-refractivity contribution is 0.0805. The van der Waals surface area contributed by atoms with Crippen molar-refractivity contribution in [1.82, 2.24) is 24.9 Å². The number of ether oxygens (including phenoxy) is 1. The van der Waals surface area contributed by atoms with Gasteiger partial charge in [-0.15, -0.1) is 11.3 Å². The topological polar surface area (TPSA) is 114 Å². The van der Waals surface area contributed by atoms with E-state index in [0.29, 0.717) is 28.3 Å². The monoisotopic (exact) mass is 544 g/mol. The van der Waals surface area contributed by atoms with Crippen LogP contribution in [0.5, 0.6) is 0 Å². The summed E-state index contributed by atoms with van der Waals surface area (Å²) in [7, 11) is 0. The molecule has 12 heteroatoms. The molecule has 4 heterocycles. The van der Waals surface area contributed by atoms with E-state index in [1.165, 1.54) is 24.2 Å². The Morgan fingerprint density at radius 1 is 1.28 bits per heavy atom. The second-order valence-electron chi connectivity index (χ2n) is 8.30. The number of hydrogen-bond acceptors (Lipinski definition) is 9. The number of thiazole rings is 1. The molecular formula is C24H25ClN6O3S2. The molecule has 36 heavy (non-hydrogen) atoms. The molecule has 1 aliphatic carbocycles.